The molecule has 2 heteroatoms. The molecule has 0 N–H and O–H groups in total. The summed E-state index contributed by atoms with van der Waals surface area (Å²) in [7, 11) is 0. The summed E-state index contributed by atoms with van der Waals surface area (Å²) in [5.41, 5.74) is 8.76. The number of aliphatic imine (C=N–C) groups is 1. The van der Waals surface area contributed by atoms with E-state index in [4.69, 9.17) is 4.99 Å². The first-order valence-electron chi connectivity index (χ1n) is 16.5. The number of hydrogen-bond donors (Lipinski definition) is 0. The minimum absolute atomic E-state index is 0.0476. The molecule has 0 fully saturated rings. The summed E-state index contributed by atoms with van der Waals surface area (Å²) in [6, 6.07) is 55.3. The second-order valence-corrected chi connectivity index (χ2v) is 13.7. The van der Waals surface area contributed by atoms with Gasteiger partial charge in [0.2, 0.25) is 0 Å². The Morgan fingerprint density at radius 1 is 0.553 bits per heavy atom. The van der Waals surface area contributed by atoms with Crippen LogP contribution in [0.25, 0.3) is 58.4 Å². The third-order valence-electron chi connectivity index (χ3n) is 9.93. The molecule has 0 amide bonds. The fourth-order valence-electron chi connectivity index (χ4n) is 7.60. The molecule has 0 spiro atoms. The summed E-state index contributed by atoms with van der Waals surface area (Å²) in [4.78, 5) is 5.74. The van der Waals surface area contributed by atoms with E-state index in [1.165, 1.54) is 75.1 Å². The van der Waals surface area contributed by atoms with E-state index < -0.39 is 0 Å². The normalized spacial score (nSPS) is 16.8. The highest BCUT2D eigenvalue weighted by Gasteiger charge is 2.28. The van der Waals surface area contributed by atoms with Gasteiger partial charge in [-0.3, -0.25) is 4.99 Å². The van der Waals surface area contributed by atoms with Gasteiger partial charge in [-0.1, -0.05) is 153 Å². The van der Waals surface area contributed by atoms with Crippen LogP contribution in [0.3, 0.4) is 0 Å². The van der Waals surface area contributed by atoms with E-state index in [1.54, 1.807) is 0 Å². The Bertz CT molecular complexity index is 2510. The Morgan fingerprint density at radius 2 is 1.21 bits per heavy atom. The van der Waals surface area contributed by atoms with Crippen molar-refractivity contribution in [3.8, 4) is 11.1 Å². The molecule has 224 valence electrons. The predicted molar refractivity (Wildman–Crippen MR) is 204 cm³/mol. The van der Waals surface area contributed by atoms with Crippen molar-refractivity contribution in [2.24, 2.45) is 10.9 Å². The lowest BCUT2D eigenvalue weighted by molar-refractivity contribution is 0.591. The van der Waals surface area contributed by atoms with Crippen LogP contribution in [0, 0.1) is 5.92 Å². The molecule has 0 aliphatic carbocycles. The van der Waals surface area contributed by atoms with E-state index in [-0.39, 0.29) is 12.0 Å². The molecule has 0 saturated carbocycles. The lowest BCUT2D eigenvalue weighted by atomic mass is 9.83. The van der Waals surface area contributed by atoms with Gasteiger partial charge < -0.3 is 0 Å². The van der Waals surface area contributed by atoms with Gasteiger partial charge in [0.25, 0.3) is 0 Å². The highest BCUT2D eigenvalue weighted by Crippen LogP contribution is 2.45. The fourth-order valence-corrected chi connectivity index (χ4v) is 8.83. The van der Waals surface area contributed by atoms with Gasteiger partial charge in [0.1, 0.15) is 0 Å². The van der Waals surface area contributed by atoms with Gasteiger partial charge in [0.05, 0.1) is 6.04 Å². The number of allylic oxidation sites excluding steroid dienone is 1. The summed E-state index contributed by atoms with van der Waals surface area (Å²) >= 11 is 1.90. The first kappa shape index (κ1) is 28.0. The van der Waals surface area contributed by atoms with Crippen LogP contribution in [-0.4, -0.2) is 5.71 Å². The third-order valence-corrected chi connectivity index (χ3v) is 11.2. The molecule has 8 aromatic rings. The maximum absolute atomic E-state index is 5.74. The zero-order chi connectivity index (χ0) is 31.3. The zero-order valence-corrected chi connectivity index (χ0v) is 27.0. The van der Waals surface area contributed by atoms with E-state index >= 15 is 0 Å². The minimum atomic E-state index is -0.0476. The fraction of sp³-hybridized carbons (Fsp3) is 0.0889. The first-order chi connectivity index (χ1) is 23.2. The van der Waals surface area contributed by atoms with Crippen LogP contribution < -0.4 is 0 Å². The predicted octanol–water partition coefficient (Wildman–Crippen LogP) is 12.7. The molecule has 1 aliphatic rings. The summed E-state index contributed by atoms with van der Waals surface area (Å²) in [6.45, 7) is 2.37. The van der Waals surface area contributed by atoms with Crippen LogP contribution in [0.2, 0.25) is 0 Å². The molecular weight excluding hydrogens is 587 g/mol. The summed E-state index contributed by atoms with van der Waals surface area (Å²) in [5, 5.41) is 7.79. The Kier molecular flexibility index (Phi) is 6.83. The third kappa shape index (κ3) is 4.80. The SMILES string of the molecule is CC1C(c2cccc(-c3ccccc3)c2)=CCC(c2cccc3ccccc23)=NC1c1cccc2c1ccc1c3ccccc3sc21. The van der Waals surface area contributed by atoms with Crippen molar-refractivity contribution in [1.82, 2.24) is 0 Å². The lowest BCUT2D eigenvalue weighted by Crippen LogP contribution is -2.11. The number of nitrogens with zero attached hydrogens (tertiary/aromatic N) is 1. The standard InChI is InChI=1S/C45H33NS/c1-29-34(33-17-9-16-32(28-33)30-12-3-2-4-13-30)26-27-42(37-20-10-15-31-14-5-6-18-35(31)37)46-44(29)39-21-11-22-40-36(39)24-25-41-38-19-7-8-23-43(38)47-45(40)41/h2-26,28-29,44H,27H2,1H3. The second-order valence-electron chi connectivity index (χ2n) is 12.6. The molecular formula is C45H33NS. The van der Waals surface area contributed by atoms with Crippen molar-refractivity contribution >= 4 is 64.3 Å². The molecule has 2 unspecified atom stereocenters. The van der Waals surface area contributed by atoms with Crippen molar-refractivity contribution < 1.29 is 0 Å². The van der Waals surface area contributed by atoms with E-state index in [1.807, 2.05) is 11.3 Å². The van der Waals surface area contributed by atoms with E-state index in [0.717, 1.165) is 12.1 Å². The number of rotatable bonds is 4. The zero-order valence-electron chi connectivity index (χ0n) is 26.2. The number of thiophene rings is 1. The van der Waals surface area contributed by atoms with Crippen LogP contribution in [0.5, 0.6) is 0 Å². The molecule has 2 heterocycles. The van der Waals surface area contributed by atoms with Gasteiger partial charge in [0, 0.05) is 43.8 Å². The molecule has 1 aliphatic heterocycles. The van der Waals surface area contributed by atoms with Crippen LogP contribution in [0.1, 0.15) is 36.1 Å². The van der Waals surface area contributed by atoms with Crippen LogP contribution in [0.4, 0.5) is 0 Å². The Hall–Kier alpha value is -5.31. The van der Waals surface area contributed by atoms with Crippen molar-refractivity contribution in [2.75, 3.05) is 0 Å². The minimum Gasteiger partial charge on any atom is -0.280 e. The van der Waals surface area contributed by atoms with E-state index in [2.05, 4.69) is 165 Å². The highest BCUT2D eigenvalue weighted by atomic mass is 32.1. The van der Waals surface area contributed by atoms with Crippen molar-refractivity contribution in [3.63, 3.8) is 0 Å². The Balaban J connectivity index is 1.25. The van der Waals surface area contributed by atoms with Crippen molar-refractivity contribution in [2.45, 2.75) is 19.4 Å². The summed E-state index contributed by atoms with van der Waals surface area (Å²) < 4.78 is 2.69. The summed E-state index contributed by atoms with van der Waals surface area (Å²) in [6.07, 6.45) is 3.23. The smallest absolute Gasteiger partial charge is 0.0824 e. The molecule has 2 atom stereocenters. The first-order valence-corrected chi connectivity index (χ1v) is 17.3. The average molecular weight is 620 g/mol. The summed E-state index contributed by atoms with van der Waals surface area (Å²) in [5.74, 6) is 0.164. The van der Waals surface area contributed by atoms with Crippen LogP contribution >= 0.6 is 11.3 Å². The number of benzene rings is 7. The van der Waals surface area contributed by atoms with Gasteiger partial charge in [0.15, 0.2) is 0 Å². The Labute approximate surface area is 279 Å². The molecule has 47 heavy (non-hydrogen) atoms. The molecule has 0 bridgehead atoms. The van der Waals surface area contributed by atoms with Gasteiger partial charge in [-0.05, 0) is 61.5 Å². The lowest BCUT2D eigenvalue weighted by Gasteiger charge is -2.25. The van der Waals surface area contributed by atoms with Crippen LogP contribution in [-0.2, 0) is 0 Å². The molecule has 1 aromatic heterocycles. The highest BCUT2D eigenvalue weighted by molar-refractivity contribution is 7.26. The van der Waals surface area contributed by atoms with E-state index in [0.29, 0.717) is 0 Å². The van der Waals surface area contributed by atoms with Crippen molar-refractivity contribution in [1.29, 1.82) is 0 Å². The number of hydrogen-bond acceptors (Lipinski definition) is 2. The maximum atomic E-state index is 5.74. The van der Waals surface area contributed by atoms with Gasteiger partial charge in [-0.15, -0.1) is 11.3 Å². The number of fused-ring (bicyclic) bond motifs is 6. The second kappa shape index (κ2) is 11.5. The van der Waals surface area contributed by atoms with Crippen LogP contribution in [0.15, 0.2) is 163 Å². The maximum Gasteiger partial charge on any atom is 0.0824 e. The van der Waals surface area contributed by atoms with Crippen molar-refractivity contribution in [3.05, 3.63) is 174 Å². The topological polar surface area (TPSA) is 12.4 Å². The monoisotopic (exact) mass is 619 g/mol. The van der Waals surface area contributed by atoms with E-state index in [9.17, 15) is 0 Å². The molecule has 7 aromatic carbocycles. The molecule has 0 saturated heterocycles. The Morgan fingerprint density at radius 3 is 2.13 bits per heavy atom. The average Bonchev–Trinajstić information content (AvgIpc) is 3.43. The molecule has 9 rings (SSSR count). The molecule has 0 radical (unpaired) electrons. The quantitative estimate of drug-likeness (QED) is 0.186. The largest absolute Gasteiger partial charge is 0.280 e. The van der Waals surface area contributed by atoms with Gasteiger partial charge >= 0.3 is 0 Å². The van der Waals surface area contributed by atoms with Gasteiger partial charge in [-0.2, -0.15) is 0 Å². The van der Waals surface area contributed by atoms with Gasteiger partial charge in [-0.25, -0.2) is 0 Å². The molecule has 1 nitrogen and oxygen atoms in total.